The minimum atomic E-state index is 0.596. The first-order valence-corrected chi connectivity index (χ1v) is 7.73. The highest BCUT2D eigenvalue weighted by atomic mass is 79.9. The molecular weight excluding hydrogens is 332 g/mol. The summed E-state index contributed by atoms with van der Waals surface area (Å²) in [6.07, 6.45) is 0. The van der Waals surface area contributed by atoms with E-state index in [4.69, 9.17) is 9.47 Å². The van der Waals surface area contributed by atoms with E-state index in [1.54, 1.807) is 0 Å². The van der Waals surface area contributed by atoms with Crippen LogP contribution in [0.15, 0.2) is 34.8 Å². The van der Waals surface area contributed by atoms with Crippen molar-refractivity contribution in [3.63, 3.8) is 0 Å². The molecule has 1 N–H and O–H groups in total. The molecule has 0 aliphatic heterocycles. The lowest BCUT2D eigenvalue weighted by Crippen LogP contribution is -2.00. The zero-order valence-electron chi connectivity index (χ0n) is 12.4. The molecule has 0 saturated carbocycles. The lowest BCUT2D eigenvalue weighted by atomic mass is 10.2. The molecule has 0 aliphatic rings. The zero-order valence-corrected chi connectivity index (χ0v) is 14.0. The van der Waals surface area contributed by atoms with Crippen molar-refractivity contribution in [1.29, 1.82) is 0 Å². The number of nitrogens with one attached hydrogen (secondary N) is 1. The van der Waals surface area contributed by atoms with Crippen LogP contribution in [0.4, 0.5) is 11.5 Å². The molecule has 21 heavy (non-hydrogen) atoms. The number of hydrogen-bond acceptors (Lipinski definition) is 4. The Kier molecular flexibility index (Phi) is 5.44. The van der Waals surface area contributed by atoms with E-state index in [1.165, 1.54) is 0 Å². The van der Waals surface area contributed by atoms with Gasteiger partial charge in [0.2, 0.25) is 0 Å². The molecule has 0 fully saturated rings. The molecule has 0 saturated heterocycles. The van der Waals surface area contributed by atoms with Gasteiger partial charge in [0.1, 0.15) is 5.82 Å². The predicted octanol–water partition coefficient (Wildman–Crippen LogP) is 4.69. The van der Waals surface area contributed by atoms with Crippen LogP contribution < -0.4 is 14.8 Å². The summed E-state index contributed by atoms with van der Waals surface area (Å²) >= 11 is 3.45. The summed E-state index contributed by atoms with van der Waals surface area (Å²) in [4.78, 5) is 4.47. The van der Waals surface area contributed by atoms with E-state index in [-0.39, 0.29) is 0 Å². The van der Waals surface area contributed by atoms with Gasteiger partial charge in [-0.3, -0.25) is 0 Å². The molecule has 112 valence electrons. The van der Waals surface area contributed by atoms with Crippen LogP contribution in [0.3, 0.4) is 0 Å². The smallest absolute Gasteiger partial charge is 0.163 e. The first-order valence-electron chi connectivity index (χ1n) is 6.93. The SMILES string of the molecule is CCOc1ccc(Nc2ccc(Br)c(C)n2)cc1OCC. The summed E-state index contributed by atoms with van der Waals surface area (Å²) in [7, 11) is 0. The van der Waals surface area contributed by atoms with Gasteiger partial charge in [0, 0.05) is 16.2 Å². The third-order valence-corrected chi connectivity index (χ3v) is 3.68. The van der Waals surface area contributed by atoms with Crippen molar-refractivity contribution in [3.8, 4) is 11.5 Å². The Morgan fingerprint density at radius 3 is 2.43 bits per heavy atom. The second-order valence-electron chi connectivity index (χ2n) is 4.42. The van der Waals surface area contributed by atoms with Crippen LogP contribution in [0.2, 0.25) is 0 Å². The van der Waals surface area contributed by atoms with Gasteiger partial charge in [0.25, 0.3) is 0 Å². The van der Waals surface area contributed by atoms with Crippen molar-refractivity contribution in [2.75, 3.05) is 18.5 Å². The number of halogens is 1. The molecule has 0 bridgehead atoms. The number of nitrogens with zero attached hydrogens (tertiary/aromatic N) is 1. The molecule has 1 aromatic carbocycles. The maximum atomic E-state index is 5.62. The summed E-state index contributed by atoms with van der Waals surface area (Å²) in [6.45, 7) is 7.07. The average molecular weight is 351 g/mol. The molecule has 0 aliphatic carbocycles. The summed E-state index contributed by atoms with van der Waals surface area (Å²) in [5, 5.41) is 3.27. The van der Waals surface area contributed by atoms with Crippen molar-refractivity contribution in [1.82, 2.24) is 4.98 Å². The van der Waals surface area contributed by atoms with Crippen molar-refractivity contribution in [3.05, 3.63) is 40.5 Å². The number of benzene rings is 1. The monoisotopic (exact) mass is 350 g/mol. The van der Waals surface area contributed by atoms with Gasteiger partial charge in [-0.2, -0.15) is 0 Å². The normalized spacial score (nSPS) is 10.3. The lowest BCUT2D eigenvalue weighted by Gasteiger charge is -2.13. The standard InChI is InChI=1S/C16H19BrN2O2/c1-4-20-14-8-6-12(10-15(14)21-5-2)19-16-9-7-13(17)11(3)18-16/h6-10H,4-5H2,1-3H3,(H,18,19). The Morgan fingerprint density at radius 1 is 1.05 bits per heavy atom. The molecular formula is C16H19BrN2O2. The minimum absolute atomic E-state index is 0.596. The van der Waals surface area contributed by atoms with Crippen LogP contribution in [0, 0.1) is 6.92 Å². The van der Waals surface area contributed by atoms with Gasteiger partial charge in [-0.25, -0.2) is 4.98 Å². The second-order valence-corrected chi connectivity index (χ2v) is 5.27. The maximum absolute atomic E-state index is 5.62. The highest BCUT2D eigenvalue weighted by Crippen LogP contribution is 2.31. The van der Waals surface area contributed by atoms with Gasteiger partial charge in [0.05, 0.1) is 18.9 Å². The summed E-state index contributed by atoms with van der Waals surface area (Å²) < 4.78 is 12.2. The Balaban J connectivity index is 2.23. The van der Waals surface area contributed by atoms with Gasteiger partial charge in [-0.05, 0) is 61.0 Å². The van der Waals surface area contributed by atoms with Gasteiger partial charge in [0.15, 0.2) is 11.5 Å². The topological polar surface area (TPSA) is 43.4 Å². The zero-order chi connectivity index (χ0) is 15.2. The largest absolute Gasteiger partial charge is 0.490 e. The van der Waals surface area contributed by atoms with E-state index in [0.29, 0.717) is 13.2 Å². The highest BCUT2D eigenvalue weighted by molar-refractivity contribution is 9.10. The number of anilines is 2. The molecule has 2 aromatic rings. The number of pyridine rings is 1. The molecule has 5 heteroatoms. The third-order valence-electron chi connectivity index (χ3n) is 2.84. The first-order chi connectivity index (χ1) is 10.1. The van der Waals surface area contributed by atoms with Gasteiger partial charge >= 0.3 is 0 Å². The van der Waals surface area contributed by atoms with Gasteiger partial charge in [-0.15, -0.1) is 0 Å². The molecule has 0 spiro atoms. The number of aryl methyl sites for hydroxylation is 1. The van der Waals surface area contributed by atoms with Crippen LogP contribution in [-0.4, -0.2) is 18.2 Å². The molecule has 0 atom stereocenters. The van der Waals surface area contributed by atoms with Crippen molar-refractivity contribution in [2.45, 2.75) is 20.8 Å². The molecule has 0 unspecified atom stereocenters. The fourth-order valence-corrected chi connectivity index (χ4v) is 2.11. The van der Waals surface area contributed by atoms with Crippen LogP contribution in [0.5, 0.6) is 11.5 Å². The Hall–Kier alpha value is -1.75. The van der Waals surface area contributed by atoms with Crippen LogP contribution in [-0.2, 0) is 0 Å². The van der Waals surface area contributed by atoms with E-state index in [0.717, 1.165) is 33.2 Å². The lowest BCUT2D eigenvalue weighted by molar-refractivity contribution is 0.288. The summed E-state index contributed by atoms with van der Waals surface area (Å²) in [6, 6.07) is 9.68. The van der Waals surface area contributed by atoms with Crippen molar-refractivity contribution < 1.29 is 9.47 Å². The Bertz CT molecular complexity index is 617. The van der Waals surface area contributed by atoms with Crippen LogP contribution >= 0.6 is 15.9 Å². The Labute approximate surface area is 133 Å². The van der Waals surface area contributed by atoms with Crippen molar-refractivity contribution >= 4 is 27.4 Å². The Morgan fingerprint density at radius 2 is 1.76 bits per heavy atom. The van der Waals surface area contributed by atoms with E-state index < -0.39 is 0 Å². The highest BCUT2D eigenvalue weighted by Gasteiger charge is 2.07. The summed E-state index contributed by atoms with van der Waals surface area (Å²) in [5.74, 6) is 2.28. The number of hydrogen-bond donors (Lipinski definition) is 1. The van der Waals surface area contributed by atoms with Gasteiger partial charge in [-0.1, -0.05) is 0 Å². The van der Waals surface area contributed by atoms with Crippen LogP contribution in [0.1, 0.15) is 19.5 Å². The molecule has 0 amide bonds. The third kappa shape index (κ3) is 4.11. The second kappa shape index (κ2) is 7.31. The molecule has 2 rings (SSSR count). The predicted molar refractivity (Wildman–Crippen MR) is 88.7 cm³/mol. The quantitative estimate of drug-likeness (QED) is 0.820. The number of ether oxygens (including phenoxy) is 2. The van der Waals surface area contributed by atoms with E-state index in [1.807, 2.05) is 51.1 Å². The molecule has 1 heterocycles. The number of rotatable bonds is 6. The summed E-state index contributed by atoms with van der Waals surface area (Å²) in [5.41, 5.74) is 1.85. The van der Waals surface area contributed by atoms with E-state index in [2.05, 4.69) is 26.2 Å². The van der Waals surface area contributed by atoms with Crippen molar-refractivity contribution in [2.24, 2.45) is 0 Å². The molecule has 4 nitrogen and oxygen atoms in total. The van der Waals surface area contributed by atoms with E-state index >= 15 is 0 Å². The minimum Gasteiger partial charge on any atom is -0.490 e. The first kappa shape index (κ1) is 15.6. The maximum Gasteiger partial charge on any atom is 0.163 e. The molecule has 0 radical (unpaired) electrons. The number of aromatic nitrogens is 1. The average Bonchev–Trinajstić information content (AvgIpc) is 2.46. The fraction of sp³-hybridized carbons (Fsp3) is 0.312. The van der Waals surface area contributed by atoms with E-state index in [9.17, 15) is 0 Å². The fourth-order valence-electron chi connectivity index (χ4n) is 1.89. The van der Waals surface area contributed by atoms with Crippen LogP contribution in [0.25, 0.3) is 0 Å². The molecule has 1 aromatic heterocycles. The van der Waals surface area contributed by atoms with Gasteiger partial charge < -0.3 is 14.8 Å².